The van der Waals surface area contributed by atoms with Gasteiger partial charge in [0.25, 0.3) is 0 Å². The highest BCUT2D eigenvalue weighted by Gasteiger charge is 2.17. The van der Waals surface area contributed by atoms with Crippen LogP contribution in [0.5, 0.6) is 0 Å². The second-order valence-electron chi connectivity index (χ2n) is 5.80. The van der Waals surface area contributed by atoms with E-state index in [1.165, 1.54) is 19.4 Å². The molecule has 0 spiro atoms. The minimum Gasteiger partial charge on any atom is -0.338 e. The summed E-state index contributed by atoms with van der Waals surface area (Å²) in [6, 6.07) is 3.92. The Balaban J connectivity index is 1.34. The van der Waals surface area contributed by atoms with Crippen LogP contribution >= 0.6 is 0 Å². The maximum Gasteiger partial charge on any atom is 0.225 e. The second kappa shape index (κ2) is 7.35. The minimum atomic E-state index is 0.858. The minimum absolute atomic E-state index is 0.858. The van der Waals surface area contributed by atoms with Crippen LogP contribution in [0.4, 0.5) is 5.95 Å². The molecule has 0 bridgehead atoms. The fourth-order valence-electron chi connectivity index (χ4n) is 2.82. The van der Waals surface area contributed by atoms with Gasteiger partial charge in [0.05, 0.1) is 5.69 Å². The third kappa shape index (κ3) is 4.04. The monoisotopic (exact) mass is 300 g/mol. The molecule has 1 aliphatic heterocycles. The van der Waals surface area contributed by atoms with Gasteiger partial charge in [-0.2, -0.15) is 5.10 Å². The molecule has 2 aromatic heterocycles. The SMILES string of the molecule is Cc1ccn(CCCCN2CCN(c3ncccn3)CC2)n1. The molecule has 0 unspecified atom stereocenters. The van der Waals surface area contributed by atoms with Crippen molar-refractivity contribution in [3.05, 3.63) is 36.4 Å². The number of aromatic nitrogens is 4. The van der Waals surface area contributed by atoms with E-state index in [1.54, 1.807) is 0 Å². The summed E-state index contributed by atoms with van der Waals surface area (Å²) in [4.78, 5) is 13.5. The van der Waals surface area contributed by atoms with Crippen molar-refractivity contribution in [3.63, 3.8) is 0 Å². The van der Waals surface area contributed by atoms with E-state index in [0.717, 1.165) is 44.4 Å². The first-order valence-electron chi connectivity index (χ1n) is 8.06. The Kier molecular flexibility index (Phi) is 5.00. The molecule has 0 aromatic carbocycles. The highest BCUT2D eigenvalue weighted by Crippen LogP contribution is 2.10. The number of anilines is 1. The lowest BCUT2D eigenvalue weighted by Gasteiger charge is -2.34. The zero-order chi connectivity index (χ0) is 15.2. The van der Waals surface area contributed by atoms with E-state index in [9.17, 15) is 0 Å². The van der Waals surface area contributed by atoms with Crippen LogP contribution in [0.25, 0.3) is 0 Å². The third-order valence-corrected chi connectivity index (χ3v) is 4.09. The fraction of sp³-hybridized carbons (Fsp3) is 0.562. The predicted molar refractivity (Wildman–Crippen MR) is 86.9 cm³/mol. The van der Waals surface area contributed by atoms with Gasteiger partial charge in [-0.05, 0) is 38.4 Å². The van der Waals surface area contributed by atoms with Crippen LogP contribution in [0, 0.1) is 6.92 Å². The smallest absolute Gasteiger partial charge is 0.225 e. The molecule has 22 heavy (non-hydrogen) atoms. The Bertz CT molecular complexity index is 559. The van der Waals surface area contributed by atoms with E-state index in [4.69, 9.17) is 0 Å². The quantitative estimate of drug-likeness (QED) is 0.758. The van der Waals surface area contributed by atoms with Gasteiger partial charge in [-0.3, -0.25) is 9.58 Å². The summed E-state index contributed by atoms with van der Waals surface area (Å²) in [5, 5.41) is 4.42. The third-order valence-electron chi connectivity index (χ3n) is 4.09. The summed E-state index contributed by atoms with van der Waals surface area (Å²) in [6.07, 6.45) is 8.09. The summed E-state index contributed by atoms with van der Waals surface area (Å²) in [6.45, 7) is 8.45. The molecule has 1 fully saturated rings. The van der Waals surface area contributed by atoms with E-state index in [0.29, 0.717) is 0 Å². The van der Waals surface area contributed by atoms with Gasteiger partial charge in [-0.25, -0.2) is 9.97 Å². The molecule has 0 amide bonds. The highest BCUT2D eigenvalue weighted by atomic mass is 15.3. The molecule has 3 rings (SSSR count). The highest BCUT2D eigenvalue weighted by molar-refractivity contribution is 5.29. The van der Waals surface area contributed by atoms with Crippen LogP contribution in [-0.4, -0.2) is 57.4 Å². The number of piperazine rings is 1. The zero-order valence-electron chi connectivity index (χ0n) is 13.2. The molecule has 1 saturated heterocycles. The normalized spacial score (nSPS) is 16.1. The molecule has 3 heterocycles. The van der Waals surface area contributed by atoms with Crippen LogP contribution in [0.2, 0.25) is 0 Å². The van der Waals surface area contributed by atoms with Gasteiger partial charge in [-0.1, -0.05) is 0 Å². The lowest BCUT2D eigenvalue weighted by atomic mass is 10.2. The Morgan fingerprint density at radius 1 is 1.00 bits per heavy atom. The average Bonchev–Trinajstić information content (AvgIpc) is 2.98. The van der Waals surface area contributed by atoms with Gasteiger partial charge in [0.1, 0.15) is 0 Å². The zero-order valence-corrected chi connectivity index (χ0v) is 13.2. The van der Waals surface area contributed by atoms with Crippen LogP contribution in [0.1, 0.15) is 18.5 Å². The molecule has 0 aliphatic carbocycles. The number of hydrogen-bond donors (Lipinski definition) is 0. The average molecular weight is 300 g/mol. The summed E-state index contributed by atoms with van der Waals surface area (Å²) in [5.41, 5.74) is 1.10. The molecule has 0 radical (unpaired) electrons. The molecule has 0 N–H and O–H groups in total. The molecule has 6 heteroatoms. The van der Waals surface area contributed by atoms with Crippen molar-refractivity contribution in [1.29, 1.82) is 0 Å². The maximum absolute atomic E-state index is 4.42. The van der Waals surface area contributed by atoms with Gasteiger partial charge in [-0.15, -0.1) is 0 Å². The topological polar surface area (TPSA) is 50.1 Å². The molecular formula is C16H24N6. The molecule has 6 nitrogen and oxygen atoms in total. The fourth-order valence-corrected chi connectivity index (χ4v) is 2.82. The van der Waals surface area contributed by atoms with Crippen molar-refractivity contribution >= 4 is 5.95 Å². The van der Waals surface area contributed by atoms with Gasteiger partial charge in [0.15, 0.2) is 0 Å². The summed E-state index contributed by atoms with van der Waals surface area (Å²) < 4.78 is 2.04. The maximum atomic E-state index is 4.42. The molecule has 2 aromatic rings. The molecule has 0 atom stereocenters. The summed E-state index contributed by atoms with van der Waals surface area (Å²) in [5.74, 6) is 0.858. The first kappa shape index (κ1) is 15.0. The van der Waals surface area contributed by atoms with Crippen LogP contribution < -0.4 is 4.90 Å². The van der Waals surface area contributed by atoms with Crippen molar-refractivity contribution in [2.45, 2.75) is 26.3 Å². The lowest BCUT2D eigenvalue weighted by molar-refractivity contribution is 0.249. The second-order valence-corrected chi connectivity index (χ2v) is 5.80. The molecule has 0 saturated carbocycles. The van der Waals surface area contributed by atoms with Gasteiger partial charge in [0.2, 0.25) is 5.95 Å². The molecule has 1 aliphatic rings. The van der Waals surface area contributed by atoms with Crippen molar-refractivity contribution in [1.82, 2.24) is 24.6 Å². The summed E-state index contributed by atoms with van der Waals surface area (Å²) >= 11 is 0. The van der Waals surface area contributed by atoms with E-state index in [1.807, 2.05) is 30.1 Å². The van der Waals surface area contributed by atoms with Crippen molar-refractivity contribution in [2.24, 2.45) is 0 Å². The van der Waals surface area contributed by atoms with E-state index in [-0.39, 0.29) is 0 Å². The number of nitrogens with zero attached hydrogens (tertiary/aromatic N) is 6. The predicted octanol–water partition coefficient (Wildman–Crippen LogP) is 1.58. The largest absolute Gasteiger partial charge is 0.338 e. The molecular weight excluding hydrogens is 276 g/mol. The number of aryl methyl sites for hydroxylation is 2. The Morgan fingerprint density at radius 3 is 2.41 bits per heavy atom. The Morgan fingerprint density at radius 2 is 1.73 bits per heavy atom. The van der Waals surface area contributed by atoms with Crippen LogP contribution in [-0.2, 0) is 6.54 Å². The molecule has 118 valence electrons. The van der Waals surface area contributed by atoms with Crippen LogP contribution in [0.15, 0.2) is 30.7 Å². The Hall–Kier alpha value is -1.95. The van der Waals surface area contributed by atoms with Crippen molar-refractivity contribution in [3.8, 4) is 0 Å². The van der Waals surface area contributed by atoms with E-state index < -0.39 is 0 Å². The first-order chi connectivity index (χ1) is 10.8. The number of rotatable bonds is 6. The van der Waals surface area contributed by atoms with Crippen LogP contribution in [0.3, 0.4) is 0 Å². The number of unbranched alkanes of at least 4 members (excludes halogenated alkanes) is 1. The van der Waals surface area contributed by atoms with Gasteiger partial charge < -0.3 is 4.90 Å². The summed E-state index contributed by atoms with van der Waals surface area (Å²) in [7, 11) is 0. The van der Waals surface area contributed by atoms with Crippen molar-refractivity contribution in [2.75, 3.05) is 37.6 Å². The van der Waals surface area contributed by atoms with E-state index >= 15 is 0 Å². The number of hydrogen-bond acceptors (Lipinski definition) is 5. The van der Waals surface area contributed by atoms with E-state index in [2.05, 4.69) is 37.1 Å². The van der Waals surface area contributed by atoms with Crippen molar-refractivity contribution < 1.29 is 0 Å². The van der Waals surface area contributed by atoms with Gasteiger partial charge in [0, 0.05) is 51.3 Å². The Labute approximate surface area is 131 Å². The lowest BCUT2D eigenvalue weighted by Crippen LogP contribution is -2.47. The first-order valence-corrected chi connectivity index (χ1v) is 8.06. The standard InChI is InChI=1S/C16H24N6/c1-15-5-10-22(19-15)9-3-2-8-20-11-13-21(14-12-20)16-17-6-4-7-18-16/h4-7,10H,2-3,8-9,11-14H2,1H3. The van der Waals surface area contributed by atoms with Gasteiger partial charge >= 0.3 is 0 Å².